The minimum atomic E-state index is -0.126. The predicted molar refractivity (Wildman–Crippen MR) is 98.2 cm³/mol. The van der Waals surface area contributed by atoms with E-state index in [-0.39, 0.29) is 5.91 Å². The van der Waals surface area contributed by atoms with E-state index in [0.29, 0.717) is 13.0 Å². The normalized spacial score (nSPS) is 11.6. The SMILES string of the molecule is C/C(CCc1ccccc1)=N\NC(=O)CCn1nnc2ccccc21. The number of hydrazone groups is 1. The van der Waals surface area contributed by atoms with Gasteiger partial charge in [0.1, 0.15) is 5.52 Å². The first-order chi connectivity index (χ1) is 12.2. The maximum Gasteiger partial charge on any atom is 0.241 e. The van der Waals surface area contributed by atoms with Crippen LogP contribution in [0.25, 0.3) is 11.0 Å². The van der Waals surface area contributed by atoms with Crippen LogP contribution in [0.4, 0.5) is 0 Å². The van der Waals surface area contributed by atoms with E-state index in [1.165, 1.54) is 5.56 Å². The number of aryl methyl sites for hydroxylation is 2. The van der Waals surface area contributed by atoms with E-state index < -0.39 is 0 Å². The zero-order valence-electron chi connectivity index (χ0n) is 14.2. The topological polar surface area (TPSA) is 72.2 Å². The Morgan fingerprint density at radius 2 is 1.84 bits per heavy atom. The van der Waals surface area contributed by atoms with Gasteiger partial charge < -0.3 is 0 Å². The molecule has 0 spiro atoms. The Morgan fingerprint density at radius 3 is 2.68 bits per heavy atom. The van der Waals surface area contributed by atoms with Gasteiger partial charge in [0.15, 0.2) is 0 Å². The van der Waals surface area contributed by atoms with Crippen LogP contribution in [0.1, 0.15) is 25.3 Å². The van der Waals surface area contributed by atoms with Crippen molar-refractivity contribution >= 4 is 22.7 Å². The molecule has 0 atom stereocenters. The number of nitrogens with one attached hydrogen (secondary N) is 1. The van der Waals surface area contributed by atoms with Crippen molar-refractivity contribution in [2.45, 2.75) is 32.7 Å². The third-order valence-electron chi connectivity index (χ3n) is 3.96. The Kier molecular flexibility index (Phi) is 5.51. The first-order valence-corrected chi connectivity index (χ1v) is 8.36. The molecular weight excluding hydrogens is 314 g/mol. The minimum absolute atomic E-state index is 0.126. The molecule has 1 aromatic heterocycles. The molecule has 3 aromatic rings. The van der Waals surface area contributed by atoms with Crippen molar-refractivity contribution < 1.29 is 4.79 Å². The lowest BCUT2D eigenvalue weighted by atomic mass is 10.1. The minimum Gasteiger partial charge on any atom is -0.273 e. The van der Waals surface area contributed by atoms with Gasteiger partial charge in [0, 0.05) is 12.1 Å². The van der Waals surface area contributed by atoms with Crippen LogP contribution >= 0.6 is 0 Å². The average molecular weight is 335 g/mol. The summed E-state index contributed by atoms with van der Waals surface area (Å²) in [4.78, 5) is 12.0. The molecule has 0 aliphatic heterocycles. The first-order valence-electron chi connectivity index (χ1n) is 8.36. The summed E-state index contributed by atoms with van der Waals surface area (Å²) < 4.78 is 1.74. The second kappa shape index (κ2) is 8.19. The van der Waals surface area contributed by atoms with Crippen LogP contribution in [-0.2, 0) is 17.8 Å². The molecular formula is C19H21N5O. The lowest BCUT2D eigenvalue weighted by Crippen LogP contribution is -2.21. The van der Waals surface area contributed by atoms with E-state index in [9.17, 15) is 4.79 Å². The zero-order chi connectivity index (χ0) is 17.5. The predicted octanol–water partition coefficient (Wildman–Crippen LogP) is 2.95. The molecule has 1 amide bonds. The molecule has 1 N–H and O–H groups in total. The molecule has 128 valence electrons. The fraction of sp³-hybridized carbons (Fsp3) is 0.263. The van der Waals surface area contributed by atoms with Gasteiger partial charge in [0.25, 0.3) is 0 Å². The highest BCUT2D eigenvalue weighted by Crippen LogP contribution is 2.10. The summed E-state index contributed by atoms with van der Waals surface area (Å²) in [5.74, 6) is -0.126. The number of carbonyl (C=O) groups is 1. The molecule has 0 bridgehead atoms. The van der Waals surface area contributed by atoms with Crippen LogP contribution in [0.5, 0.6) is 0 Å². The van der Waals surface area contributed by atoms with Gasteiger partial charge in [0.2, 0.25) is 5.91 Å². The Labute approximate surface area is 146 Å². The molecule has 3 rings (SSSR count). The van der Waals surface area contributed by atoms with Crippen LogP contribution in [-0.4, -0.2) is 26.6 Å². The van der Waals surface area contributed by atoms with Gasteiger partial charge in [-0.3, -0.25) is 4.79 Å². The molecule has 0 radical (unpaired) electrons. The van der Waals surface area contributed by atoms with Gasteiger partial charge >= 0.3 is 0 Å². The Bertz CT molecular complexity index is 870. The summed E-state index contributed by atoms with van der Waals surface area (Å²) in [6.45, 7) is 2.40. The summed E-state index contributed by atoms with van der Waals surface area (Å²) in [5.41, 5.74) is 6.55. The monoisotopic (exact) mass is 335 g/mol. The number of fused-ring (bicyclic) bond motifs is 1. The number of nitrogens with zero attached hydrogens (tertiary/aromatic N) is 4. The summed E-state index contributed by atoms with van der Waals surface area (Å²) >= 11 is 0. The molecule has 6 heteroatoms. The van der Waals surface area contributed by atoms with E-state index in [1.54, 1.807) is 4.68 Å². The van der Waals surface area contributed by atoms with Gasteiger partial charge in [-0.15, -0.1) is 5.10 Å². The first kappa shape index (κ1) is 16.8. The molecule has 0 aliphatic rings. The number of rotatable bonds is 7. The molecule has 0 aliphatic carbocycles. The van der Waals surface area contributed by atoms with Gasteiger partial charge in [-0.1, -0.05) is 47.7 Å². The van der Waals surface area contributed by atoms with Crippen molar-refractivity contribution in [2.24, 2.45) is 5.10 Å². The third kappa shape index (κ3) is 4.73. The maximum atomic E-state index is 12.0. The summed E-state index contributed by atoms with van der Waals surface area (Å²) in [6.07, 6.45) is 2.04. The number of aromatic nitrogens is 3. The van der Waals surface area contributed by atoms with Crippen molar-refractivity contribution in [3.63, 3.8) is 0 Å². The van der Waals surface area contributed by atoms with Gasteiger partial charge in [-0.25, -0.2) is 10.1 Å². The maximum absolute atomic E-state index is 12.0. The standard InChI is InChI=1S/C19H21N5O/c1-15(11-12-16-7-3-2-4-8-16)20-22-19(25)13-14-24-18-10-6-5-9-17(18)21-23-24/h2-10H,11-14H2,1H3,(H,22,25)/b20-15+. The Hall–Kier alpha value is -3.02. The van der Waals surface area contributed by atoms with Crippen LogP contribution < -0.4 is 5.43 Å². The number of hydrogen-bond donors (Lipinski definition) is 1. The summed E-state index contributed by atoms with van der Waals surface area (Å²) in [6, 6.07) is 17.9. The fourth-order valence-corrected chi connectivity index (χ4v) is 2.53. The average Bonchev–Trinajstić information content (AvgIpc) is 3.07. The molecule has 25 heavy (non-hydrogen) atoms. The number of amides is 1. The number of carbonyl (C=O) groups excluding carboxylic acids is 1. The highest BCUT2D eigenvalue weighted by molar-refractivity contribution is 5.84. The molecule has 0 fully saturated rings. The number of benzene rings is 2. The fourth-order valence-electron chi connectivity index (χ4n) is 2.53. The largest absolute Gasteiger partial charge is 0.273 e. The second-order valence-corrected chi connectivity index (χ2v) is 5.92. The van der Waals surface area contributed by atoms with Gasteiger partial charge in [-0.05, 0) is 37.5 Å². The van der Waals surface area contributed by atoms with Crippen molar-refractivity contribution in [1.82, 2.24) is 20.4 Å². The van der Waals surface area contributed by atoms with Crippen LogP contribution in [0.15, 0.2) is 59.7 Å². The van der Waals surface area contributed by atoms with E-state index in [1.807, 2.05) is 49.4 Å². The molecule has 6 nitrogen and oxygen atoms in total. The Balaban J connectivity index is 1.45. The zero-order valence-corrected chi connectivity index (χ0v) is 14.2. The second-order valence-electron chi connectivity index (χ2n) is 5.92. The molecule has 1 heterocycles. The van der Waals surface area contributed by atoms with E-state index in [2.05, 4.69) is 33.0 Å². The van der Waals surface area contributed by atoms with Crippen LogP contribution in [0, 0.1) is 0 Å². The molecule has 0 saturated carbocycles. The highest BCUT2D eigenvalue weighted by atomic mass is 16.2. The highest BCUT2D eigenvalue weighted by Gasteiger charge is 2.06. The molecule has 0 unspecified atom stereocenters. The summed E-state index contributed by atoms with van der Waals surface area (Å²) in [5, 5.41) is 12.3. The van der Waals surface area contributed by atoms with Crippen LogP contribution in [0.3, 0.4) is 0 Å². The van der Waals surface area contributed by atoms with E-state index in [4.69, 9.17) is 0 Å². The van der Waals surface area contributed by atoms with Crippen LogP contribution in [0.2, 0.25) is 0 Å². The molecule has 0 saturated heterocycles. The van der Waals surface area contributed by atoms with Crippen molar-refractivity contribution in [1.29, 1.82) is 0 Å². The number of para-hydroxylation sites is 1. The lowest BCUT2D eigenvalue weighted by Gasteiger charge is -2.04. The van der Waals surface area contributed by atoms with Crippen molar-refractivity contribution in [3.8, 4) is 0 Å². The number of hydrogen-bond acceptors (Lipinski definition) is 4. The van der Waals surface area contributed by atoms with Crippen molar-refractivity contribution in [3.05, 3.63) is 60.2 Å². The Morgan fingerprint density at radius 1 is 1.08 bits per heavy atom. The lowest BCUT2D eigenvalue weighted by molar-refractivity contribution is -0.121. The van der Waals surface area contributed by atoms with E-state index >= 15 is 0 Å². The van der Waals surface area contributed by atoms with Crippen molar-refractivity contribution in [2.75, 3.05) is 0 Å². The molecule has 2 aromatic carbocycles. The summed E-state index contributed by atoms with van der Waals surface area (Å²) in [7, 11) is 0. The third-order valence-corrected chi connectivity index (χ3v) is 3.96. The van der Waals surface area contributed by atoms with E-state index in [0.717, 1.165) is 29.6 Å². The quantitative estimate of drug-likeness (QED) is 0.533. The van der Waals surface area contributed by atoms with Gasteiger partial charge in [0.05, 0.1) is 12.1 Å². The van der Waals surface area contributed by atoms with Gasteiger partial charge in [-0.2, -0.15) is 5.10 Å². The smallest absolute Gasteiger partial charge is 0.241 e.